The van der Waals surface area contributed by atoms with E-state index in [1.165, 1.54) is 12.1 Å². The van der Waals surface area contributed by atoms with Crippen molar-refractivity contribution in [3.05, 3.63) is 53.6 Å². The highest BCUT2D eigenvalue weighted by atomic mass is 19.4. The molecule has 0 bridgehead atoms. The van der Waals surface area contributed by atoms with E-state index in [0.717, 1.165) is 22.5 Å². The molecule has 3 aromatic rings. The van der Waals surface area contributed by atoms with Gasteiger partial charge in [0, 0.05) is 12.1 Å². The Bertz CT molecular complexity index is 1080. The number of rotatable bonds is 5. The molecule has 0 saturated heterocycles. The van der Waals surface area contributed by atoms with E-state index < -0.39 is 17.8 Å². The first-order valence-corrected chi connectivity index (χ1v) is 8.94. The molecule has 0 saturated carbocycles. The molecule has 0 unspecified atom stereocenters. The van der Waals surface area contributed by atoms with Gasteiger partial charge in [-0.15, -0.1) is 10.2 Å². The van der Waals surface area contributed by atoms with E-state index >= 15 is 0 Å². The Morgan fingerprint density at radius 3 is 2.80 bits per heavy atom. The molecule has 8 nitrogen and oxygen atoms in total. The molecule has 2 aromatic carbocycles. The van der Waals surface area contributed by atoms with Gasteiger partial charge in [0.05, 0.1) is 5.56 Å². The number of aromatic nitrogens is 4. The van der Waals surface area contributed by atoms with Gasteiger partial charge in [0.15, 0.2) is 11.5 Å². The molecule has 156 valence electrons. The van der Waals surface area contributed by atoms with Gasteiger partial charge in [-0.2, -0.15) is 18.0 Å². The Balaban J connectivity index is 1.42. The van der Waals surface area contributed by atoms with E-state index in [-0.39, 0.29) is 30.6 Å². The lowest BCUT2D eigenvalue weighted by atomic mass is 10.1. The maximum Gasteiger partial charge on any atom is 0.416 e. The number of hydrogen-bond donors (Lipinski definition) is 1. The molecular weight excluding hydrogens is 403 g/mol. The van der Waals surface area contributed by atoms with E-state index in [1.807, 2.05) is 0 Å². The van der Waals surface area contributed by atoms with Gasteiger partial charge in [-0.1, -0.05) is 18.2 Å². The molecule has 1 aliphatic rings. The summed E-state index contributed by atoms with van der Waals surface area (Å²) in [6.45, 7) is 1.97. The predicted octanol–water partition coefficient (Wildman–Crippen LogP) is 2.97. The van der Waals surface area contributed by atoms with Crippen molar-refractivity contribution in [2.75, 3.05) is 6.79 Å². The number of nitrogens with zero attached hydrogens (tertiary/aromatic N) is 4. The van der Waals surface area contributed by atoms with Crippen LogP contribution in [0.3, 0.4) is 0 Å². The number of benzene rings is 2. The summed E-state index contributed by atoms with van der Waals surface area (Å²) >= 11 is 0. The Morgan fingerprint density at radius 1 is 1.20 bits per heavy atom. The van der Waals surface area contributed by atoms with Crippen LogP contribution < -0.4 is 14.8 Å². The molecule has 30 heavy (non-hydrogen) atoms. The molecule has 1 aliphatic heterocycles. The average molecular weight is 419 g/mol. The highest BCUT2D eigenvalue weighted by Crippen LogP contribution is 2.33. The highest BCUT2D eigenvalue weighted by molar-refractivity contribution is 5.79. The summed E-state index contributed by atoms with van der Waals surface area (Å²) < 4.78 is 49.2. The fourth-order valence-corrected chi connectivity index (χ4v) is 2.83. The second-order valence-corrected chi connectivity index (χ2v) is 6.59. The van der Waals surface area contributed by atoms with Crippen LogP contribution in [-0.2, 0) is 17.5 Å². The number of ether oxygens (including phenoxy) is 2. The van der Waals surface area contributed by atoms with Crippen LogP contribution in [0.25, 0.3) is 11.4 Å². The minimum Gasteiger partial charge on any atom is -0.454 e. The zero-order valence-corrected chi connectivity index (χ0v) is 15.7. The van der Waals surface area contributed by atoms with Crippen LogP contribution in [0.5, 0.6) is 11.5 Å². The molecule has 1 atom stereocenters. The van der Waals surface area contributed by atoms with Crippen LogP contribution in [0.1, 0.15) is 24.1 Å². The van der Waals surface area contributed by atoms with Crippen molar-refractivity contribution in [2.45, 2.75) is 25.7 Å². The van der Waals surface area contributed by atoms with E-state index in [4.69, 9.17) is 9.47 Å². The van der Waals surface area contributed by atoms with Crippen LogP contribution in [0.15, 0.2) is 42.5 Å². The van der Waals surface area contributed by atoms with Crippen molar-refractivity contribution < 1.29 is 27.4 Å². The van der Waals surface area contributed by atoms with Crippen molar-refractivity contribution in [3.8, 4) is 22.9 Å². The quantitative estimate of drug-likeness (QED) is 0.684. The normalized spacial score (nSPS) is 13.9. The smallest absolute Gasteiger partial charge is 0.416 e. The first-order chi connectivity index (χ1) is 14.3. The molecule has 0 aliphatic carbocycles. The molecule has 11 heteroatoms. The standard InChI is InChI=1S/C19H16F3N5O3/c1-11(18(28)23-9-12-5-6-15-16(7-12)30-10-29-15)27-25-17(24-26-27)13-3-2-4-14(8-13)19(20,21)22/h2-8,11H,9-10H2,1H3,(H,23,28)/t11-/m0/s1. The Hall–Kier alpha value is -3.63. The number of amides is 1. The molecule has 4 rings (SSSR count). The van der Waals surface area contributed by atoms with Crippen molar-refractivity contribution in [1.29, 1.82) is 0 Å². The number of carbonyl (C=O) groups excluding carboxylic acids is 1. The van der Waals surface area contributed by atoms with Crippen LogP contribution in [-0.4, -0.2) is 32.9 Å². The number of tetrazole rings is 1. The van der Waals surface area contributed by atoms with Crippen LogP contribution in [0, 0.1) is 0 Å². The Labute approximate surface area is 168 Å². The summed E-state index contributed by atoms with van der Waals surface area (Å²) in [5, 5.41) is 14.4. The monoisotopic (exact) mass is 419 g/mol. The summed E-state index contributed by atoms with van der Waals surface area (Å²) in [7, 11) is 0. The van der Waals surface area contributed by atoms with Gasteiger partial charge in [0.1, 0.15) is 6.04 Å². The second-order valence-electron chi connectivity index (χ2n) is 6.59. The van der Waals surface area contributed by atoms with Crippen molar-refractivity contribution >= 4 is 5.91 Å². The maximum atomic E-state index is 12.9. The molecule has 2 heterocycles. The van der Waals surface area contributed by atoms with E-state index in [0.29, 0.717) is 11.5 Å². The number of alkyl halides is 3. The Kier molecular flexibility index (Phi) is 5.02. The summed E-state index contributed by atoms with van der Waals surface area (Å²) in [4.78, 5) is 13.5. The summed E-state index contributed by atoms with van der Waals surface area (Å²) in [5.41, 5.74) is 0.158. The number of halogens is 3. The van der Waals surface area contributed by atoms with Gasteiger partial charge in [-0.05, 0) is 42.0 Å². The zero-order chi connectivity index (χ0) is 21.3. The third kappa shape index (κ3) is 4.04. The number of hydrogen-bond acceptors (Lipinski definition) is 6. The van der Waals surface area contributed by atoms with Gasteiger partial charge >= 0.3 is 6.18 Å². The van der Waals surface area contributed by atoms with Crippen molar-refractivity contribution in [2.24, 2.45) is 0 Å². The van der Waals surface area contributed by atoms with E-state index in [9.17, 15) is 18.0 Å². The number of carbonyl (C=O) groups is 1. The third-order valence-electron chi connectivity index (χ3n) is 4.51. The van der Waals surface area contributed by atoms with Crippen LogP contribution >= 0.6 is 0 Å². The number of nitrogens with one attached hydrogen (secondary N) is 1. The molecule has 0 spiro atoms. The zero-order valence-electron chi connectivity index (χ0n) is 15.7. The maximum absolute atomic E-state index is 12.9. The van der Waals surface area contributed by atoms with E-state index in [1.54, 1.807) is 25.1 Å². The van der Waals surface area contributed by atoms with Crippen molar-refractivity contribution in [1.82, 2.24) is 25.5 Å². The Morgan fingerprint density at radius 2 is 2.00 bits per heavy atom. The topological polar surface area (TPSA) is 91.2 Å². The first-order valence-electron chi connectivity index (χ1n) is 8.94. The van der Waals surface area contributed by atoms with Crippen molar-refractivity contribution in [3.63, 3.8) is 0 Å². The summed E-state index contributed by atoms with van der Waals surface area (Å²) in [5.74, 6) is 0.878. The van der Waals surface area contributed by atoms with Crippen LogP contribution in [0.2, 0.25) is 0 Å². The lowest BCUT2D eigenvalue weighted by Crippen LogP contribution is -2.31. The fourth-order valence-electron chi connectivity index (χ4n) is 2.83. The minimum absolute atomic E-state index is 0.00322. The molecule has 1 aromatic heterocycles. The first kappa shape index (κ1) is 19.7. The lowest BCUT2D eigenvalue weighted by molar-refractivity contribution is -0.137. The molecule has 1 N–H and O–H groups in total. The molecule has 0 fully saturated rings. The molecular formula is C19H16F3N5O3. The van der Waals surface area contributed by atoms with Gasteiger partial charge in [-0.3, -0.25) is 4.79 Å². The summed E-state index contributed by atoms with van der Waals surface area (Å²) in [6, 6.07) is 9.12. The minimum atomic E-state index is -4.48. The number of fused-ring (bicyclic) bond motifs is 1. The van der Waals surface area contributed by atoms with Crippen LogP contribution in [0.4, 0.5) is 13.2 Å². The SMILES string of the molecule is C[C@@H](C(=O)NCc1ccc2c(c1)OCO2)n1nnc(-c2cccc(C(F)(F)F)c2)n1. The second kappa shape index (κ2) is 7.65. The largest absolute Gasteiger partial charge is 0.454 e. The molecule has 1 amide bonds. The average Bonchev–Trinajstić information content (AvgIpc) is 3.40. The fraction of sp³-hybridized carbons (Fsp3) is 0.263. The molecule has 0 radical (unpaired) electrons. The van der Waals surface area contributed by atoms with Gasteiger partial charge < -0.3 is 14.8 Å². The summed E-state index contributed by atoms with van der Waals surface area (Å²) in [6.07, 6.45) is -4.48. The van der Waals surface area contributed by atoms with Gasteiger partial charge in [-0.25, -0.2) is 0 Å². The predicted molar refractivity (Wildman–Crippen MR) is 97.4 cm³/mol. The van der Waals surface area contributed by atoms with E-state index in [2.05, 4.69) is 20.7 Å². The van der Waals surface area contributed by atoms with Gasteiger partial charge in [0.25, 0.3) is 0 Å². The third-order valence-corrected chi connectivity index (χ3v) is 4.51. The highest BCUT2D eigenvalue weighted by Gasteiger charge is 2.31. The van der Waals surface area contributed by atoms with Gasteiger partial charge in [0.2, 0.25) is 18.5 Å². The lowest BCUT2D eigenvalue weighted by Gasteiger charge is -2.11.